The molecule has 0 bridgehead atoms. The zero-order chi connectivity index (χ0) is 52.1. The predicted octanol–water partition coefficient (Wildman–Crippen LogP) is 17.9. The number of rotatable bonds is 6. The summed E-state index contributed by atoms with van der Waals surface area (Å²) in [5.74, 6) is 0. The highest BCUT2D eigenvalue weighted by molar-refractivity contribution is 7.00. The van der Waals surface area contributed by atoms with Gasteiger partial charge in [-0.2, -0.15) is 0 Å². The number of aryl methyl sites for hydroxylation is 1. The third-order valence-corrected chi connectivity index (χ3v) is 15.7. The summed E-state index contributed by atoms with van der Waals surface area (Å²) in [6.45, 7) is 30.3. The van der Waals surface area contributed by atoms with Crippen LogP contribution in [0.5, 0.6) is 0 Å². The normalized spacial score (nSPS) is 13.4. The average molecular weight is 963 g/mol. The van der Waals surface area contributed by atoms with Crippen molar-refractivity contribution in [2.45, 2.75) is 112 Å². The van der Waals surface area contributed by atoms with Crippen molar-refractivity contribution < 1.29 is 0 Å². The Hall–Kier alpha value is -7.36. The highest BCUT2D eigenvalue weighted by Crippen LogP contribution is 2.53. The highest BCUT2D eigenvalue weighted by Gasteiger charge is 2.46. The molecule has 0 fully saturated rings. The molecule has 74 heavy (non-hydrogen) atoms. The summed E-state index contributed by atoms with van der Waals surface area (Å²) in [5.41, 5.74) is 27.1. The van der Waals surface area contributed by atoms with Crippen LogP contribution in [0.1, 0.15) is 111 Å². The Morgan fingerprint density at radius 2 is 0.622 bits per heavy atom. The second kappa shape index (κ2) is 17.9. The van der Waals surface area contributed by atoms with E-state index in [0.717, 1.165) is 0 Å². The van der Waals surface area contributed by atoms with Crippen molar-refractivity contribution in [3.63, 3.8) is 0 Å². The molecule has 9 aromatic rings. The molecule has 3 heteroatoms. The molecule has 2 aliphatic rings. The summed E-state index contributed by atoms with van der Waals surface area (Å²) in [4.78, 5) is 5.33. The number of nitrogens with zero attached hydrogens (tertiary/aromatic N) is 2. The fraction of sp³-hybridized carbons (Fsp3) is 0.239. The van der Waals surface area contributed by atoms with Crippen molar-refractivity contribution in [3.05, 3.63) is 222 Å². The lowest BCUT2D eigenvalue weighted by Gasteiger charge is -2.46. The zero-order valence-corrected chi connectivity index (χ0v) is 45.9. The first-order valence-corrected chi connectivity index (χ1v) is 26.8. The second-order valence-corrected chi connectivity index (χ2v) is 25.2. The largest absolute Gasteiger partial charge is 0.310 e. The summed E-state index contributed by atoms with van der Waals surface area (Å²) in [6, 6.07) is 74.3. The van der Waals surface area contributed by atoms with Crippen LogP contribution in [0.2, 0.25) is 0 Å². The average Bonchev–Trinajstić information content (AvgIpc) is 3.37. The van der Waals surface area contributed by atoms with Gasteiger partial charge in [0.15, 0.2) is 0 Å². The van der Waals surface area contributed by atoms with Crippen molar-refractivity contribution in [2.75, 3.05) is 9.80 Å². The molecule has 0 N–H and O–H groups in total. The van der Waals surface area contributed by atoms with Crippen LogP contribution < -0.4 is 26.2 Å². The van der Waals surface area contributed by atoms with E-state index in [1.807, 2.05) is 0 Å². The summed E-state index contributed by atoms with van der Waals surface area (Å²) < 4.78 is 0. The molecule has 2 heterocycles. The maximum Gasteiger partial charge on any atom is 0.252 e. The van der Waals surface area contributed by atoms with Gasteiger partial charge in [0.05, 0.1) is 11.4 Å². The van der Waals surface area contributed by atoms with Crippen molar-refractivity contribution >= 4 is 57.2 Å². The van der Waals surface area contributed by atoms with Crippen LogP contribution >= 0.6 is 0 Å². The van der Waals surface area contributed by atoms with Crippen LogP contribution in [-0.4, -0.2) is 6.71 Å². The Morgan fingerprint density at radius 3 is 0.986 bits per heavy atom. The molecule has 0 unspecified atom stereocenters. The lowest BCUT2D eigenvalue weighted by atomic mass is 9.33. The van der Waals surface area contributed by atoms with Gasteiger partial charge in [0.2, 0.25) is 0 Å². The van der Waals surface area contributed by atoms with E-state index >= 15 is 0 Å². The molecule has 0 saturated carbocycles. The number of anilines is 6. The van der Waals surface area contributed by atoms with Gasteiger partial charge in [-0.25, -0.2) is 0 Å². The number of para-hydroxylation sites is 2. The minimum absolute atomic E-state index is 0.0250. The first-order valence-electron chi connectivity index (χ1n) is 26.8. The molecule has 0 radical (unpaired) electrons. The SMILES string of the molecule is Cc1cc2c3c(c1)N(c1c(-c4ccccc4)cccc1-c1cccc(C(C)(C)C)c1)c1ccc(C(C)(C)C)cc1B3c1cc(C(C)(C)C)ccc1N2c1c(-c2ccccc2)cccc1-c1cccc(C(C)(C)C)c1. The Bertz CT molecular complexity index is 3380. The molecular weight excluding hydrogens is 892 g/mol. The van der Waals surface area contributed by atoms with Crippen LogP contribution in [-0.2, 0) is 21.7 Å². The number of fused-ring (bicyclic) bond motifs is 4. The van der Waals surface area contributed by atoms with Gasteiger partial charge in [-0.15, -0.1) is 0 Å². The van der Waals surface area contributed by atoms with Crippen molar-refractivity contribution in [1.82, 2.24) is 0 Å². The van der Waals surface area contributed by atoms with E-state index in [1.165, 1.54) is 123 Å². The van der Waals surface area contributed by atoms with E-state index in [-0.39, 0.29) is 28.4 Å². The van der Waals surface area contributed by atoms with Crippen molar-refractivity contribution in [2.24, 2.45) is 0 Å². The molecule has 0 atom stereocenters. The van der Waals surface area contributed by atoms with Gasteiger partial charge in [-0.05, 0) is 119 Å². The third kappa shape index (κ3) is 8.59. The fourth-order valence-electron chi connectivity index (χ4n) is 11.6. The Kier molecular flexibility index (Phi) is 11.9. The highest BCUT2D eigenvalue weighted by atomic mass is 15.2. The van der Waals surface area contributed by atoms with Crippen molar-refractivity contribution in [3.8, 4) is 44.5 Å². The minimum Gasteiger partial charge on any atom is -0.310 e. The maximum atomic E-state index is 2.67. The van der Waals surface area contributed by atoms with Gasteiger partial charge < -0.3 is 9.80 Å². The van der Waals surface area contributed by atoms with Crippen LogP contribution in [0.25, 0.3) is 44.5 Å². The first-order chi connectivity index (χ1) is 35.2. The Labute approximate surface area is 442 Å². The zero-order valence-electron chi connectivity index (χ0n) is 45.9. The number of hydrogen-bond acceptors (Lipinski definition) is 2. The lowest BCUT2D eigenvalue weighted by Crippen LogP contribution is -2.61. The maximum absolute atomic E-state index is 2.67. The molecule has 0 spiro atoms. The molecule has 0 aromatic heterocycles. The molecule has 0 aliphatic carbocycles. The Balaban J connectivity index is 1.31. The van der Waals surface area contributed by atoms with E-state index in [0.29, 0.717) is 0 Å². The smallest absolute Gasteiger partial charge is 0.252 e. The van der Waals surface area contributed by atoms with E-state index in [2.05, 4.69) is 294 Å². The van der Waals surface area contributed by atoms with E-state index in [9.17, 15) is 0 Å². The summed E-state index contributed by atoms with van der Waals surface area (Å²) >= 11 is 0. The minimum atomic E-state index is -0.0847. The molecule has 9 aromatic carbocycles. The lowest BCUT2D eigenvalue weighted by molar-refractivity contribution is 0.590. The van der Waals surface area contributed by atoms with Gasteiger partial charge >= 0.3 is 0 Å². The van der Waals surface area contributed by atoms with Crippen LogP contribution in [0.4, 0.5) is 34.1 Å². The third-order valence-electron chi connectivity index (χ3n) is 15.7. The van der Waals surface area contributed by atoms with Gasteiger partial charge in [0.25, 0.3) is 6.71 Å². The van der Waals surface area contributed by atoms with Crippen LogP contribution in [0, 0.1) is 6.92 Å². The molecular formula is C71H71BN2. The van der Waals surface area contributed by atoms with Crippen LogP contribution in [0.15, 0.2) is 194 Å². The molecule has 2 nitrogen and oxygen atoms in total. The van der Waals surface area contributed by atoms with E-state index in [1.54, 1.807) is 0 Å². The van der Waals surface area contributed by atoms with Gasteiger partial charge in [-0.3, -0.25) is 0 Å². The monoisotopic (exact) mass is 963 g/mol. The predicted molar refractivity (Wildman–Crippen MR) is 322 cm³/mol. The molecule has 2 aliphatic heterocycles. The van der Waals surface area contributed by atoms with Crippen LogP contribution in [0.3, 0.4) is 0 Å². The summed E-state index contributed by atoms with van der Waals surface area (Å²) in [6.07, 6.45) is 0. The van der Waals surface area contributed by atoms with Gasteiger partial charge in [0.1, 0.15) is 0 Å². The molecule has 368 valence electrons. The van der Waals surface area contributed by atoms with Crippen molar-refractivity contribution in [1.29, 1.82) is 0 Å². The van der Waals surface area contributed by atoms with Gasteiger partial charge in [-0.1, -0.05) is 253 Å². The second-order valence-electron chi connectivity index (χ2n) is 25.2. The number of benzene rings is 9. The number of hydrogen-bond donors (Lipinski definition) is 0. The summed E-state index contributed by atoms with van der Waals surface area (Å²) in [7, 11) is 0. The van der Waals surface area contributed by atoms with Gasteiger partial charge in [0, 0.05) is 45.0 Å². The standard InChI is InChI=1S/C71H71BN2/c1-46-40-63-65-64(41-46)74(67-56(48-26-18-15-19-27-48)33-23-35-58(67)50-29-21-31-52(43-50)69(5,6)7)62-39-37-54(71(11,12)13)45-60(62)72(65)59-44-53(70(8,9)10)36-38-61(59)73(63)66-55(47-24-16-14-17-25-47)32-22-34-57(66)49-28-20-30-51(42-49)68(2,3)4/h14-45H,1-13H3. The van der Waals surface area contributed by atoms with E-state index in [4.69, 9.17) is 0 Å². The topological polar surface area (TPSA) is 6.48 Å². The Morgan fingerprint density at radius 1 is 0.297 bits per heavy atom. The quantitative estimate of drug-likeness (QED) is 0.153. The fourth-order valence-corrected chi connectivity index (χ4v) is 11.6. The summed E-state index contributed by atoms with van der Waals surface area (Å²) in [5, 5.41) is 0. The van der Waals surface area contributed by atoms with E-state index < -0.39 is 0 Å². The molecule has 11 rings (SSSR count). The first kappa shape index (κ1) is 48.9. The molecule has 0 amide bonds. The molecule has 0 saturated heterocycles.